The van der Waals surface area contributed by atoms with Gasteiger partial charge in [-0.05, 0) is 89.9 Å². The molecule has 1 atom stereocenters. The molecule has 0 saturated carbocycles. The predicted octanol–water partition coefficient (Wildman–Crippen LogP) is 16.1. The summed E-state index contributed by atoms with van der Waals surface area (Å²) in [7, 11) is 0. The molecular formula is C53H90O5. The first-order valence-electron chi connectivity index (χ1n) is 24.1. The summed E-state index contributed by atoms with van der Waals surface area (Å²) in [4.78, 5) is 25.3. The molecule has 5 nitrogen and oxygen atoms in total. The van der Waals surface area contributed by atoms with Crippen molar-refractivity contribution < 1.29 is 23.8 Å². The lowest BCUT2D eigenvalue weighted by atomic mass is 10.0. The highest BCUT2D eigenvalue weighted by atomic mass is 16.6. The molecule has 0 spiro atoms. The Morgan fingerprint density at radius 1 is 0.397 bits per heavy atom. The van der Waals surface area contributed by atoms with E-state index in [0.29, 0.717) is 19.4 Å². The van der Waals surface area contributed by atoms with Crippen molar-refractivity contribution >= 4 is 11.9 Å². The fraction of sp³-hybridized carbons (Fsp3) is 0.698. The maximum Gasteiger partial charge on any atom is 0.306 e. The van der Waals surface area contributed by atoms with Crippen LogP contribution in [0.15, 0.2) is 85.1 Å². The second kappa shape index (κ2) is 48.4. The quantitative estimate of drug-likeness (QED) is 0.0349. The van der Waals surface area contributed by atoms with Crippen LogP contribution in [0.25, 0.3) is 0 Å². The van der Waals surface area contributed by atoms with Gasteiger partial charge in [-0.3, -0.25) is 9.59 Å². The standard InChI is InChI=1S/C53H90O5/c1-4-7-10-13-16-19-22-25-26-27-30-33-36-39-42-45-48-56-49-51(58-53(55)47-44-41-38-35-32-29-24-21-18-15-12-9-6-3)50-57-52(54)46-43-40-37-34-31-28-23-20-17-14-11-8-5-2/h7-8,10-11,16-17,19-20,25-26,28,30-31,33,51H,4-6,9,12-15,18,21-24,27,29,32,34-50H2,1-3H3/b10-7-,11-8-,19-16-,20-17-,26-25-,31-28-,33-30-. The number of allylic oxidation sites excluding steroid dienone is 14. The average Bonchev–Trinajstić information content (AvgIpc) is 3.22. The molecule has 0 rings (SSSR count). The second-order valence-electron chi connectivity index (χ2n) is 15.6. The Hall–Kier alpha value is -2.92. The molecule has 58 heavy (non-hydrogen) atoms. The van der Waals surface area contributed by atoms with E-state index in [2.05, 4.69) is 106 Å². The van der Waals surface area contributed by atoms with E-state index >= 15 is 0 Å². The van der Waals surface area contributed by atoms with Crippen LogP contribution in [0.2, 0.25) is 0 Å². The molecule has 1 unspecified atom stereocenters. The minimum absolute atomic E-state index is 0.0551. The van der Waals surface area contributed by atoms with E-state index in [-0.39, 0.29) is 25.2 Å². The zero-order valence-electron chi connectivity index (χ0n) is 38.0. The number of carbonyl (C=O) groups is 2. The largest absolute Gasteiger partial charge is 0.462 e. The van der Waals surface area contributed by atoms with Crippen LogP contribution in [0.4, 0.5) is 0 Å². The summed E-state index contributed by atoms with van der Waals surface area (Å²) in [5, 5.41) is 0. The molecule has 0 aromatic heterocycles. The number of carbonyl (C=O) groups excluding carboxylic acids is 2. The van der Waals surface area contributed by atoms with Crippen LogP contribution in [0.3, 0.4) is 0 Å². The smallest absolute Gasteiger partial charge is 0.306 e. The first kappa shape index (κ1) is 55.1. The topological polar surface area (TPSA) is 61.8 Å². The molecule has 332 valence electrons. The van der Waals surface area contributed by atoms with Crippen molar-refractivity contribution in [3.63, 3.8) is 0 Å². The van der Waals surface area contributed by atoms with Crippen LogP contribution in [0.1, 0.15) is 213 Å². The first-order valence-corrected chi connectivity index (χ1v) is 24.1. The van der Waals surface area contributed by atoms with Gasteiger partial charge in [0.25, 0.3) is 0 Å². The van der Waals surface area contributed by atoms with Crippen molar-refractivity contribution in [2.45, 2.75) is 219 Å². The Kier molecular flexibility index (Phi) is 46.0. The fourth-order valence-electron chi connectivity index (χ4n) is 6.40. The van der Waals surface area contributed by atoms with Crippen LogP contribution in [0.5, 0.6) is 0 Å². The van der Waals surface area contributed by atoms with Gasteiger partial charge in [0.2, 0.25) is 0 Å². The van der Waals surface area contributed by atoms with Gasteiger partial charge in [0.1, 0.15) is 6.61 Å². The summed E-state index contributed by atoms with van der Waals surface area (Å²) in [6.07, 6.45) is 63.0. The van der Waals surface area contributed by atoms with Gasteiger partial charge in [0.15, 0.2) is 6.10 Å². The van der Waals surface area contributed by atoms with Gasteiger partial charge < -0.3 is 14.2 Å². The normalized spacial score (nSPS) is 12.9. The number of hydrogen-bond donors (Lipinski definition) is 0. The van der Waals surface area contributed by atoms with Crippen LogP contribution in [0, 0.1) is 0 Å². The zero-order valence-corrected chi connectivity index (χ0v) is 38.0. The molecule has 0 N–H and O–H groups in total. The lowest BCUT2D eigenvalue weighted by molar-refractivity contribution is -0.163. The van der Waals surface area contributed by atoms with E-state index < -0.39 is 6.10 Å². The SMILES string of the molecule is CC/C=C\C/C=C\C/C=C\C/C=C\CCCCCOCC(COC(=O)CCCCC/C=C\C/C=C\C/C=C\CC)OC(=O)CCCCCCCCCCCCCCC. The summed E-state index contributed by atoms with van der Waals surface area (Å²) >= 11 is 0. The number of ether oxygens (including phenoxy) is 3. The van der Waals surface area contributed by atoms with Gasteiger partial charge >= 0.3 is 11.9 Å². The monoisotopic (exact) mass is 807 g/mol. The lowest BCUT2D eigenvalue weighted by Crippen LogP contribution is -2.30. The summed E-state index contributed by atoms with van der Waals surface area (Å²) in [6, 6.07) is 0. The molecule has 0 aliphatic carbocycles. The number of esters is 2. The van der Waals surface area contributed by atoms with Gasteiger partial charge in [0, 0.05) is 19.4 Å². The summed E-state index contributed by atoms with van der Waals surface area (Å²) in [5.41, 5.74) is 0. The Bertz CT molecular complexity index is 1090. The van der Waals surface area contributed by atoms with Crippen molar-refractivity contribution in [2.24, 2.45) is 0 Å². The van der Waals surface area contributed by atoms with E-state index in [0.717, 1.165) is 109 Å². The fourth-order valence-corrected chi connectivity index (χ4v) is 6.40. The molecular weight excluding hydrogens is 717 g/mol. The Morgan fingerprint density at radius 3 is 1.24 bits per heavy atom. The zero-order chi connectivity index (χ0) is 42.1. The van der Waals surface area contributed by atoms with E-state index in [1.54, 1.807) is 0 Å². The van der Waals surface area contributed by atoms with E-state index in [1.807, 2.05) is 0 Å². The Labute approximate surface area is 359 Å². The maximum absolute atomic E-state index is 12.8. The highest BCUT2D eigenvalue weighted by Gasteiger charge is 2.17. The third-order valence-corrected chi connectivity index (χ3v) is 9.93. The van der Waals surface area contributed by atoms with E-state index in [9.17, 15) is 9.59 Å². The maximum atomic E-state index is 12.8. The van der Waals surface area contributed by atoms with Crippen LogP contribution < -0.4 is 0 Å². The second-order valence-corrected chi connectivity index (χ2v) is 15.6. The van der Waals surface area contributed by atoms with Crippen LogP contribution in [-0.2, 0) is 23.8 Å². The van der Waals surface area contributed by atoms with Gasteiger partial charge in [-0.25, -0.2) is 0 Å². The molecule has 0 heterocycles. The lowest BCUT2D eigenvalue weighted by Gasteiger charge is -2.18. The van der Waals surface area contributed by atoms with Gasteiger partial charge in [-0.2, -0.15) is 0 Å². The minimum Gasteiger partial charge on any atom is -0.462 e. The number of hydrogen-bond acceptors (Lipinski definition) is 5. The highest BCUT2D eigenvalue weighted by molar-refractivity contribution is 5.70. The van der Waals surface area contributed by atoms with Crippen molar-refractivity contribution in [1.29, 1.82) is 0 Å². The molecule has 0 aliphatic heterocycles. The van der Waals surface area contributed by atoms with E-state index in [4.69, 9.17) is 14.2 Å². The molecule has 0 aromatic rings. The van der Waals surface area contributed by atoms with Crippen molar-refractivity contribution in [1.82, 2.24) is 0 Å². The highest BCUT2D eigenvalue weighted by Crippen LogP contribution is 2.14. The van der Waals surface area contributed by atoms with E-state index in [1.165, 1.54) is 70.6 Å². The van der Waals surface area contributed by atoms with Crippen molar-refractivity contribution in [2.75, 3.05) is 19.8 Å². The third-order valence-electron chi connectivity index (χ3n) is 9.93. The third kappa shape index (κ3) is 45.8. The average molecular weight is 807 g/mol. The van der Waals surface area contributed by atoms with Gasteiger partial charge in [-0.15, -0.1) is 0 Å². The molecule has 0 amide bonds. The van der Waals surface area contributed by atoms with Gasteiger partial charge in [0.05, 0.1) is 6.61 Å². The summed E-state index contributed by atoms with van der Waals surface area (Å²) in [5.74, 6) is -0.450. The number of unbranched alkanes of at least 4 members (excludes halogenated alkanes) is 18. The van der Waals surface area contributed by atoms with Crippen molar-refractivity contribution in [3.05, 3.63) is 85.1 Å². The molecule has 0 saturated heterocycles. The van der Waals surface area contributed by atoms with Crippen LogP contribution in [-0.4, -0.2) is 37.9 Å². The van der Waals surface area contributed by atoms with Crippen LogP contribution >= 0.6 is 0 Å². The molecule has 0 bridgehead atoms. The number of rotatable bonds is 43. The summed E-state index contributed by atoms with van der Waals surface area (Å²) in [6.45, 7) is 7.50. The Balaban J connectivity index is 4.37. The first-order chi connectivity index (χ1) is 28.6. The molecule has 0 fully saturated rings. The Morgan fingerprint density at radius 2 is 0.776 bits per heavy atom. The van der Waals surface area contributed by atoms with Crippen molar-refractivity contribution in [3.8, 4) is 0 Å². The molecule has 0 radical (unpaired) electrons. The minimum atomic E-state index is -0.565. The molecule has 0 aliphatic rings. The molecule has 5 heteroatoms. The van der Waals surface area contributed by atoms with Gasteiger partial charge in [-0.1, -0.05) is 196 Å². The predicted molar refractivity (Wildman–Crippen MR) is 251 cm³/mol. The molecule has 0 aromatic carbocycles. The summed E-state index contributed by atoms with van der Waals surface area (Å²) < 4.78 is 17.3.